The van der Waals surface area contributed by atoms with Crippen LogP contribution in [0.5, 0.6) is 5.75 Å². The molecule has 0 radical (unpaired) electrons. The van der Waals surface area contributed by atoms with Crippen LogP contribution in [-0.4, -0.2) is 31.0 Å². The van der Waals surface area contributed by atoms with Gasteiger partial charge in [0.25, 0.3) is 0 Å². The van der Waals surface area contributed by atoms with Crippen LogP contribution in [0, 0.1) is 13.8 Å². The lowest BCUT2D eigenvalue weighted by Gasteiger charge is -2.02. The maximum atomic E-state index is 10.5. The molecule has 0 saturated carbocycles. The van der Waals surface area contributed by atoms with Gasteiger partial charge < -0.3 is 14.8 Å². The lowest BCUT2D eigenvalue weighted by atomic mass is 10.1. The number of rotatable bonds is 2. The summed E-state index contributed by atoms with van der Waals surface area (Å²) in [6, 6.07) is 1.93. The van der Waals surface area contributed by atoms with Gasteiger partial charge in [-0.15, -0.1) is 0 Å². The van der Waals surface area contributed by atoms with E-state index in [-0.39, 0.29) is 5.75 Å². The molecule has 0 amide bonds. The Morgan fingerprint density at radius 2 is 2.19 bits per heavy atom. The Balaban J connectivity index is 2.07. The molecule has 2 heterocycles. The van der Waals surface area contributed by atoms with Crippen LogP contribution in [0.2, 0.25) is 0 Å². The highest BCUT2D eigenvalue weighted by Crippen LogP contribution is 2.27. The van der Waals surface area contributed by atoms with Gasteiger partial charge in [0.1, 0.15) is 0 Å². The number of hydrogen-bond donors (Lipinski definition) is 2. The molecule has 3 rings (SSSR count). The van der Waals surface area contributed by atoms with Gasteiger partial charge in [-0.1, -0.05) is 15.9 Å². The van der Waals surface area contributed by atoms with Gasteiger partial charge in [-0.25, -0.2) is 14.5 Å². The van der Waals surface area contributed by atoms with Gasteiger partial charge in [-0.2, -0.15) is 5.10 Å². The Bertz CT molecular complexity index is 853. The minimum Gasteiger partial charge on any atom is -0.449 e. The van der Waals surface area contributed by atoms with Crippen molar-refractivity contribution in [1.82, 2.24) is 19.7 Å². The zero-order valence-corrected chi connectivity index (χ0v) is 12.8. The number of aromatic amines is 1. The minimum absolute atomic E-state index is 0.136. The third-order valence-corrected chi connectivity index (χ3v) is 4.08. The van der Waals surface area contributed by atoms with E-state index in [0.29, 0.717) is 5.95 Å². The summed E-state index contributed by atoms with van der Waals surface area (Å²) in [5.41, 5.74) is 3.94. The fraction of sp³-hybridized carbons (Fsp3) is 0.154. The van der Waals surface area contributed by atoms with Crippen molar-refractivity contribution in [3.05, 3.63) is 34.1 Å². The molecule has 0 spiro atoms. The van der Waals surface area contributed by atoms with E-state index in [4.69, 9.17) is 5.11 Å². The van der Waals surface area contributed by atoms with E-state index in [1.165, 1.54) is 17.1 Å². The first-order valence-electron chi connectivity index (χ1n) is 6.07. The average molecular weight is 351 g/mol. The van der Waals surface area contributed by atoms with Crippen molar-refractivity contribution in [3.63, 3.8) is 0 Å². The first-order chi connectivity index (χ1) is 9.95. The molecule has 0 atom stereocenters. The molecule has 2 aromatic heterocycles. The highest BCUT2D eigenvalue weighted by molar-refractivity contribution is 9.10. The number of carbonyl (C=O) groups is 1. The molecule has 8 heteroatoms. The first kappa shape index (κ1) is 13.6. The maximum absolute atomic E-state index is 10.5. The van der Waals surface area contributed by atoms with Gasteiger partial charge in [0, 0.05) is 4.47 Å². The van der Waals surface area contributed by atoms with Crippen LogP contribution >= 0.6 is 15.9 Å². The average Bonchev–Trinajstić information content (AvgIpc) is 3.02. The summed E-state index contributed by atoms with van der Waals surface area (Å²) in [5, 5.41) is 12.6. The number of benzene rings is 1. The lowest BCUT2D eigenvalue weighted by Crippen LogP contribution is -2.02. The number of nitrogens with one attached hydrogen (secondary N) is 1. The minimum atomic E-state index is -1.38. The largest absolute Gasteiger partial charge is 0.511 e. The van der Waals surface area contributed by atoms with Crippen LogP contribution in [0.15, 0.2) is 22.9 Å². The molecule has 7 nitrogen and oxygen atoms in total. The second-order valence-corrected chi connectivity index (χ2v) is 5.41. The van der Waals surface area contributed by atoms with Crippen molar-refractivity contribution >= 4 is 33.1 Å². The molecule has 108 valence electrons. The molecule has 21 heavy (non-hydrogen) atoms. The molecule has 0 saturated heterocycles. The summed E-state index contributed by atoms with van der Waals surface area (Å²) in [6.45, 7) is 4.03. The second kappa shape index (κ2) is 4.88. The fourth-order valence-electron chi connectivity index (χ4n) is 2.04. The third kappa shape index (κ3) is 2.38. The molecule has 0 bridgehead atoms. The standard InChI is InChI=1S/C13H11BrN4O3/c1-6-7(2)11-10(3-9(6)14)16-12(17-11)18-5-8(4-15-18)21-13(19)20/h3-5H,1-2H3,(H,16,17)(H,19,20). The Kier molecular flexibility index (Phi) is 3.17. The summed E-state index contributed by atoms with van der Waals surface area (Å²) in [4.78, 5) is 18.1. The van der Waals surface area contributed by atoms with E-state index < -0.39 is 6.16 Å². The van der Waals surface area contributed by atoms with Crippen LogP contribution in [0.4, 0.5) is 4.79 Å². The summed E-state index contributed by atoms with van der Waals surface area (Å²) in [5.74, 6) is 0.628. The topological polar surface area (TPSA) is 93.0 Å². The molecule has 3 aromatic rings. The van der Waals surface area contributed by atoms with Gasteiger partial charge in [0.2, 0.25) is 5.95 Å². The Morgan fingerprint density at radius 1 is 1.43 bits per heavy atom. The molecule has 0 aliphatic heterocycles. The van der Waals surface area contributed by atoms with E-state index >= 15 is 0 Å². The van der Waals surface area contributed by atoms with Gasteiger partial charge in [-0.3, -0.25) is 0 Å². The predicted molar refractivity (Wildman–Crippen MR) is 79.0 cm³/mol. The van der Waals surface area contributed by atoms with Crippen molar-refractivity contribution < 1.29 is 14.6 Å². The highest BCUT2D eigenvalue weighted by Gasteiger charge is 2.12. The van der Waals surface area contributed by atoms with Crippen LogP contribution in [-0.2, 0) is 0 Å². The van der Waals surface area contributed by atoms with Gasteiger partial charge in [0.05, 0.1) is 23.4 Å². The monoisotopic (exact) mass is 350 g/mol. The van der Waals surface area contributed by atoms with Gasteiger partial charge >= 0.3 is 6.16 Å². The van der Waals surface area contributed by atoms with Crippen LogP contribution < -0.4 is 4.74 Å². The van der Waals surface area contributed by atoms with E-state index in [1.807, 2.05) is 19.9 Å². The smallest absolute Gasteiger partial charge is 0.449 e. The fourth-order valence-corrected chi connectivity index (χ4v) is 2.56. The van der Waals surface area contributed by atoms with Crippen molar-refractivity contribution in [2.75, 3.05) is 0 Å². The molecule has 1 aromatic carbocycles. The number of aromatic nitrogens is 4. The van der Waals surface area contributed by atoms with Gasteiger partial charge in [-0.05, 0) is 31.0 Å². The first-order valence-corrected chi connectivity index (χ1v) is 6.86. The van der Waals surface area contributed by atoms with E-state index in [9.17, 15) is 4.79 Å². The number of nitrogens with zero attached hydrogens (tertiary/aromatic N) is 3. The number of carboxylic acid groups (broad SMARTS) is 1. The third-order valence-electron chi connectivity index (χ3n) is 3.26. The van der Waals surface area contributed by atoms with E-state index in [0.717, 1.165) is 26.6 Å². The van der Waals surface area contributed by atoms with Crippen LogP contribution in [0.1, 0.15) is 11.1 Å². The van der Waals surface area contributed by atoms with E-state index in [2.05, 4.69) is 35.7 Å². The molecule has 0 unspecified atom stereocenters. The number of hydrogen-bond acceptors (Lipinski definition) is 4. The predicted octanol–water partition coefficient (Wildman–Crippen LogP) is 3.18. The quantitative estimate of drug-likeness (QED) is 0.692. The summed E-state index contributed by atoms with van der Waals surface area (Å²) in [6.07, 6.45) is 1.38. The Hall–Kier alpha value is -2.35. The molecule has 0 aliphatic carbocycles. The molecule has 0 aliphatic rings. The normalized spacial score (nSPS) is 11.0. The molecular formula is C13H11BrN4O3. The zero-order chi connectivity index (χ0) is 15.1. The summed E-state index contributed by atoms with van der Waals surface area (Å²) in [7, 11) is 0. The van der Waals surface area contributed by atoms with Crippen molar-refractivity contribution in [1.29, 1.82) is 0 Å². The molecule has 0 fully saturated rings. The van der Waals surface area contributed by atoms with Crippen molar-refractivity contribution in [2.24, 2.45) is 0 Å². The van der Waals surface area contributed by atoms with Crippen LogP contribution in [0.25, 0.3) is 17.0 Å². The van der Waals surface area contributed by atoms with E-state index in [1.54, 1.807) is 0 Å². The molecular weight excluding hydrogens is 340 g/mol. The Morgan fingerprint density at radius 3 is 2.90 bits per heavy atom. The molecule has 2 N–H and O–H groups in total. The number of ether oxygens (including phenoxy) is 1. The summed E-state index contributed by atoms with van der Waals surface area (Å²) >= 11 is 3.50. The number of imidazole rings is 1. The number of fused-ring (bicyclic) bond motifs is 1. The zero-order valence-electron chi connectivity index (χ0n) is 11.2. The number of halogens is 1. The van der Waals surface area contributed by atoms with Crippen LogP contribution in [0.3, 0.4) is 0 Å². The second-order valence-electron chi connectivity index (χ2n) is 4.55. The SMILES string of the molecule is Cc1c(Br)cc2nc(-n3cc(OC(=O)O)cn3)[nH]c2c1C. The lowest BCUT2D eigenvalue weighted by molar-refractivity contribution is 0.144. The van der Waals surface area contributed by atoms with Gasteiger partial charge in [0.15, 0.2) is 5.75 Å². The summed E-state index contributed by atoms with van der Waals surface area (Å²) < 4.78 is 6.95. The Labute approximate surface area is 127 Å². The number of H-pyrrole nitrogens is 1. The maximum Gasteiger partial charge on any atom is 0.511 e. The van der Waals surface area contributed by atoms with Crippen molar-refractivity contribution in [2.45, 2.75) is 13.8 Å². The number of aryl methyl sites for hydroxylation is 1. The van der Waals surface area contributed by atoms with Crippen molar-refractivity contribution in [3.8, 4) is 11.7 Å². The highest BCUT2D eigenvalue weighted by atomic mass is 79.9.